The van der Waals surface area contributed by atoms with Crippen LogP contribution in [0.25, 0.3) is 0 Å². The fourth-order valence-electron chi connectivity index (χ4n) is 5.42. The summed E-state index contributed by atoms with van der Waals surface area (Å²) in [6.45, 7) is 2.84. The normalized spacial score (nSPS) is 19.3. The standard InChI is InChI=1S/C27H32FN3O3.CH2O2/c28-21-7-5-20(6-8-21)27(33)30-17-18-31(26(32)19-30)23-9-11-24(12-10-23)34-25-13-15-29(16-14-25)22-3-1-2-4-22;2-1-3/h5-12,22,25H,1-4,13-19H2;1H,(H,2,3). The van der Waals surface area contributed by atoms with Crippen molar-refractivity contribution in [2.24, 2.45) is 0 Å². The fourth-order valence-corrected chi connectivity index (χ4v) is 5.42. The molecule has 5 rings (SSSR count). The van der Waals surface area contributed by atoms with E-state index in [0.717, 1.165) is 43.4 Å². The summed E-state index contributed by atoms with van der Waals surface area (Å²) in [5, 5.41) is 6.89. The Hall–Kier alpha value is -3.46. The molecule has 9 heteroatoms. The van der Waals surface area contributed by atoms with Crippen molar-refractivity contribution >= 4 is 24.0 Å². The number of hydrogen-bond donors (Lipinski definition) is 1. The van der Waals surface area contributed by atoms with Crippen molar-refractivity contribution in [3.8, 4) is 5.75 Å². The summed E-state index contributed by atoms with van der Waals surface area (Å²) < 4.78 is 19.4. The van der Waals surface area contributed by atoms with Gasteiger partial charge in [0.05, 0.1) is 0 Å². The molecule has 3 aliphatic rings. The molecule has 3 fully saturated rings. The lowest BCUT2D eigenvalue weighted by atomic mass is 10.0. The minimum atomic E-state index is -0.389. The number of likely N-dealkylation sites (tertiary alicyclic amines) is 1. The van der Waals surface area contributed by atoms with E-state index in [4.69, 9.17) is 14.6 Å². The van der Waals surface area contributed by atoms with Gasteiger partial charge in [-0.25, -0.2) is 4.39 Å². The van der Waals surface area contributed by atoms with Crippen molar-refractivity contribution in [1.29, 1.82) is 0 Å². The van der Waals surface area contributed by atoms with Crippen LogP contribution in [0.3, 0.4) is 0 Å². The van der Waals surface area contributed by atoms with Gasteiger partial charge in [0.25, 0.3) is 12.4 Å². The molecule has 0 spiro atoms. The summed E-state index contributed by atoms with van der Waals surface area (Å²) in [5.74, 6) is 0.0606. The topological polar surface area (TPSA) is 90.4 Å². The van der Waals surface area contributed by atoms with Crippen molar-refractivity contribution in [3.05, 3.63) is 59.9 Å². The number of piperidine rings is 1. The van der Waals surface area contributed by atoms with Crippen molar-refractivity contribution in [2.75, 3.05) is 37.6 Å². The van der Waals surface area contributed by atoms with Gasteiger partial charge in [-0.3, -0.25) is 14.4 Å². The van der Waals surface area contributed by atoms with E-state index < -0.39 is 0 Å². The molecule has 1 saturated carbocycles. The second-order valence-corrected chi connectivity index (χ2v) is 9.67. The Labute approximate surface area is 216 Å². The van der Waals surface area contributed by atoms with Crippen LogP contribution in [0.5, 0.6) is 5.75 Å². The van der Waals surface area contributed by atoms with Crippen LogP contribution >= 0.6 is 0 Å². The summed E-state index contributed by atoms with van der Waals surface area (Å²) in [6, 6.07) is 13.9. The summed E-state index contributed by atoms with van der Waals surface area (Å²) in [4.78, 5) is 39.6. The lowest BCUT2D eigenvalue weighted by molar-refractivity contribution is -0.123. The Morgan fingerprint density at radius 3 is 2.14 bits per heavy atom. The number of carboxylic acid groups (broad SMARTS) is 1. The molecule has 2 aromatic carbocycles. The van der Waals surface area contributed by atoms with Gasteiger partial charge in [0.1, 0.15) is 24.2 Å². The van der Waals surface area contributed by atoms with Crippen LogP contribution < -0.4 is 9.64 Å². The van der Waals surface area contributed by atoms with E-state index in [0.29, 0.717) is 18.7 Å². The number of benzene rings is 2. The second kappa shape index (κ2) is 12.7. The molecule has 0 unspecified atom stereocenters. The highest BCUT2D eigenvalue weighted by Gasteiger charge is 2.30. The first kappa shape index (κ1) is 26.6. The molecular weight excluding hydrogens is 477 g/mol. The number of nitrogens with zero attached hydrogens (tertiary/aromatic N) is 3. The van der Waals surface area contributed by atoms with Gasteiger partial charge in [0, 0.05) is 43.5 Å². The van der Waals surface area contributed by atoms with Crippen LogP contribution in [0.1, 0.15) is 48.9 Å². The monoisotopic (exact) mass is 511 g/mol. The van der Waals surface area contributed by atoms with Gasteiger partial charge in [-0.1, -0.05) is 12.8 Å². The Morgan fingerprint density at radius 1 is 0.919 bits per heavy atom. The number of carbonyl (C=O) groups excluding carboxylic acids is 2. The summed E-state index contributed by atoms with van der Waals surface area (Å²) in [5.41, 5.74) is 1.19. The highest BCUT2D eigenvalue weighted by molar-refractivity contribution is 6.01. The highest BCUT2D eigenvalue weighted by atomic mass is 19.1. The van der Waals surface area contributed by atoms with E-state index in [1.54, 1.807) is 4.90 Å². The van der Waals surface area contributed by atoms with Crippen LogP contribution in [0.4, 0.5) is 10.1 Å². The first-order valence-corrected chi connectivity index (χ1v) is 12.9. The predicted octanol–water partition coefficient (Wildman–Crippen LogP) is 3.80. The number of carbonyl (C=O) groups is 3. The maximum absolute atomic E-state index is 13.1. The van der Waals surface area contributed by atoms with Crippen LogP contribution in [0.2, 0.25) is 0 Å². The smallest absolute Gasteiger partial charge is 0.290 e. The molecule has 2 aromatic rings. The lowest BCUT2D eigenvalue weighted by Gasteiger charge is -2.36. The zero-order chi connectivity index (χ0) is 26.2. The number of ether oxygens (including phenoxy) is 1. The quantitative estimate of drug-likeness (QED) is 0.615. The molecule has 2 heterocycles. The van der Waals surface area contributed by atoms with Crippen LogP contribution in [-0.2, 0) is 9.59 Å². The molecule has 0 radical (unpaired) electrons. The molecule has 1 N–H and O–H groups in total. The molecule has 1 aliphatic carbocycles. The SMILES string of the molecule is O=C(c1ccc(F)cc1)N1CCN(c2ccc(OC3CCN(C4CCCC4)CC3)cc2)C(=O)C1.O=CO. The number of hydrogen-bond acceptors (Lipinski definition) is 5. The predicted molar refractivity (Wildman–Crippen MR) is 137 cm³/mol. The minimum Gasteiger partial charge on any atom is -0.490 e. The lowest BCUT2D eigenvalue weighted by Crippen LogP contribution is -2.52. The molecule has 0 bridgehead atoms. The third-order valence-electron chi connectivity index (χ3n) is 7.37. The molecule has 2 amide bonds. The summed E-state index contributed by atoms with van der Waals surface area (Å²) >= 11 is 0. The molecule has 2 aliphatic heterocycles. The van der Waals surface area contributed by atoms with Gasteiger partial charge in [0.2, 0.25) is 5.91 Å². The van der Waals surface area contributed by atoms with Crippen LogP contribution in [0.15, 0.2) is 48.5 Å². The number of anilines is 1. The molecule has 0 atom stereocenters. The molecule has 0 aromatic heterocycles. The Kier molecular flexibility index (Phi) is 9.11. The van der Waals surface area contributed by atoms with Crippen molar-refractivity contribution < 1.29 is 28.6 Å². The largest absolute Gasteiger partial charge is 0.490 e. The third-order valence-corrected chi connectivity index (χ3v) is 7.37. The zero-order valence-corrected chi connectivity index (χ0v) is 20.9. The maximum atomic E-state index is 13.1. The first-order valence-electron chi connectivity index (χ1n) is 12.9. The van der Waals surface area contributed by atoms with Crippen molar-refractivity contribution in [2.45, 2.75) is 50.7 Å². The van der Waals surface area contributed by atoms with E-state index in [1.807, 2.05) is 24.3 Å². The fraction of sp³-hybridized carbons (Fsp3) is 0.464. The van der Waals surface area contributed by atoms with Gasteiger partial charge in [-0.2, -0.15) is 0 Å². The van der Waals surface area contributed by atoms with Gasteiger partial charge in [-0.15, -0.1) is 0 Å². The Bertz CT molecular complexity index is 1050. The second-order valence-electron chi connectivity index (χ2n) is 9.67. The molecule has 8 nitrogen and oxygen atoms in total. The average Bonchev–Trinajstić information content (AvgIpc) is 3.45. The van der Waals surface area contributed by atoms with Gasteiger partial charge < -0.3 is 24.5 Å². The van der Waals surface area contributed by atoms with E-state index in [2.05, 4.69) is 4.90 Å². The number of rotatable bonds is 5. The Balaban J connectivity index is 0.00000102. The van der Waals surface area contributed by atoms with Crippen LogP contribution in [-0.4, -0.2) is 78.1 Å². The van der Waals surface area contributed by atoms with E-state index >= 15 is 0 Å². The van der Waals surface area contributed by atoms with Gasteiger partial charge >= 0.3 is 0 Å². The molecular formula is C28H34FN3O5. The Morgan fingerprint density at radius 2 is 1.54 bits per heavy atom. The molecule has 37 heavy (non-hydrogen) atoms. The summed E-state index contributed by atoms with van der Waals surface area (Å²) in [7, 11) is 0. The minimum absolute atomic E-state index is 0.00797. The number of piperazine rings is 1. The summed E-state index contributed by atoms with van der Waals surface area (Å²) in [6.07, 6.45) is 7.79. The van der Waals surface area contributed by atoms with E-state index in [1.165, 1.54) is 54.8 Å². The van der Waals surface area contributed by atoms with Crippen molar-refractivity contribution in [1.82, 2.24) is 9.80 Å². The van der Waals surface area contributed by atoms with Crippen molar-refractivity contribution in [3.63, 3.8) is 0 Å². The number of halogens is 1. The van der Waals surface area contributed by atoms with E-state index in [9.17, 15) is 14.0 Å². The third kappa shape index (κ3) is 6.85. The van der Waals surface area contributed by atoms with Crippen LogP contribution in [0, 0.1) is 5.82 Å². The molecule has 2 saturated heterocycles. The highest BCUT2D eigenvalue weighted by Crippen LogP contribution is 2.28. The molecule has 198 valence electrons. The zero-order valence-electron chi connectivity index (χ0n) is 20.9. The first-order chi connectivity index (χ1) is 18.0. The number of amides is 2. The van der Waals surface area contributed by atoms with E-state index in [-0.39, 0.29) is 36.8 Å². The van der Waals surface area contributed by atoms with Gasteiger partial charge in [-0.05, 0) is 74.2 Å². The van der Waals surface area contributed by atoms with Gasteiger partial charge in [0.15, 0.2) is 0 Å². The average molecular weight is 512 g/mol. The maximum Gasteiger partial charge on any atom is 0.290 e.